The van der Waals surface area contributed by atoms with E-state index in [9.17, 15) is 0 Å². The predicted octanol–water partition coefficient (Wildman–Crippen LogP) is -0.107. The monoisotopic (exact) mass is 156 g/mol. The third-order valence-corrected chi connectivity index (χ3v) is 0. The molecule has 0 unspecified atom stereocenters. The van der Waals surface area contributed by atoms with Crippen molar-refractivity contribution in [1.29, 1.82) is 5.26 Å². The molecule has 0 spiro atoms. The molecule has 0 aromatic carbocycles. The van der Waals surface area contributed by atoms with Crippen LogP contribution in [0.4, 0.5) is 0 Å². The third kappa shape index (κ3) is 249. The van der Waals surface area contributed by atoms with E-state index in [0.29, 0.717) is 0 Å². The van der Waals surface area contributed by atoms with Crippen molar-refractivity contribution in [3.63, 3.8) is 0 Å². The van der Waals surface area contributed by atoms with Crippen molar-refractivity contribution in [3.05, 3.63) is 0 Å². The molecule has 5 heavy (non-hydrogen) atoms. The Labute approximate surface area is 45.9 Å². The molecule has 0 N–H and O–H groups in total. The van der Waals surface area contributed by atoms with Gasteiger partial charge in [0.05, 0.1) is 0 Å². The Morgan fingerprint density at radius 3 is 1.80 bits per heavy atom. The average Bonchev–Trinajstić information content (AvgIpc) is 1.46. The molecular formula is CFeNNiO. The van der Waals surface area contributed by atoms with Crippen molar-refractivity contribution in [1.82, 2.24) is 0 Å². The standard InChI is InChI=1S/CN.Fe.Ni.O/c1-2;;;. The van der Waals surface area contributed by atoms with E-state index in [-0.39, 0.29) is 0 Å². The van der Waals surface area contributed by atoms with Gasteiger partial charge in [-0.1, -0.05) is 0 Å². The minimum absolute atomic E-state index is 1.50. The van der Waals surface area contributed by atoms with E-state index in [2.05, 4.69) is 31.4 Å². The van der Waals surface area contributed by atoms with E-state index in [1.54, 1.807) is 0 Å². The van der Waals surface area contributed by atoms with Gasteiger partial charge in [0.1, 0.15) is 0 Å². The molecule has 0 aromatic rings. The normalized spacial score (nSPS) is 2.80. The number of hydrogen-bond acceptors (Lipinski definition) is 2. The molecule has 0 fully saturated rings. The second-order valence-corrected chi connectivity index (χ2v) is 0.326. The molecule has 4 heteroatoms. The first-order valence-electron chi connectivity index (χ1n) is 0.529. The molecular weight excluding hydrogens is 157 g/mol. The van der Waals surface area contributed by atoms with Crippen LogP contribution in [0.15, 0.2) is 0 Å². The van der Waals surface area contributed by atoms with E-state index in [0.717, 1.165) is 0 Å². The molecule has 0 rings (SSSR count). The van der Waals surface area contributed by atoms with E-state index >= 15 is 0 Å². The molecule has 0 atom stereocenters. The van der Waals surface area contributed by atoms with Gasteiger partial charge in [0.2, 0.25) is 0 Å². The molecule has 0 radical (unpaired) electrons. The topological polar surface area (TPSA) is 40.9 Å². The maximum absolute atomic E-state index is 7.88. The minimum atomic E-state index is 1.50. The Balaban J connectivity index is 0. The fourth-order valence-corrected chi connectivity index (χ4v) is 0. The fraction of sp³-hybridized carbons (Fsp3) is 0. The van der Waals surface area contributed by atoms with Crippen molar-refractivity contribution in [2.45, 2.75) is 0 Å². The first kappa shape index (κ1) is 9.00. The Hall–Kier alpha value is 0.303. The van der Waals surface area contributed by atoms with E-state index in [1.165, 1.54) is 4.97 Å². The Morgan fingerprint density at radius 2 is 1.80 bits per heavy atom. The summed E-state index contributed by atoms with van der Waals surface area (Å²) in [5.41, 5.74) is 0. The first-order valence-corrected chi connectivity index (χ1v) is 1.48. The van der Waals surface area contributed by atoms with Crippen LogP contribution in [0.3, 0.4) is 0 Å². The second-order valence-electron chi connectivity index (χ2n) is 0.0791. The zero-order chi connectivity index (χ0) is 4.71. The van der Waals surface area contributed by atoms with Gasteiger partial charge in [0, 0.05) is 0 Å². The molecule has 0 aromatic heterocycles. The van der Waals surface area contributed by atoms with Crippen LogP contribution in [-0.4, -0.2) is 0 Å². The van der Waals surface area contributed by atoms with Gasteiger partial charge in [-0.3, -0.25) is 0 Å². The van der Waals surface area contributed by atoms with Crippen LogP contribution in [-0.2, 0) is 35.3 Å². The van der Waals surface area contributed by atoms with E-state index < -0.39 is 0 Å². The van der Waals surface area contributed by atoms with Crippen LogP contribution in [0.2, 0.25) is 0 Å². The Kier molecular flexibility index (Phi) is 49.8. The summed E-state index contributed by atoms with van der Waals surface area (Å²) in [7, 11) is 0. The summed E-state index contributed by atoms with van der Waals surface area (Å²) in [6.07, 6.45) is 0. The Morgan fingerprint density at radius 1 is 1.80 bits per heavy atom. The van der Waals surface area contributed by atoms with Crippen LogP contribution in [0.5, 0.6) is 0 Å². The molecule has 33 valence electrons. The van der Waals surface area contributed by atoms with Gasteiger partial charge < -0.3 is 0 Å². The number of hydrogen-bond donors (Lipinski definition) is 0. The van der Waals surface area contributed by atoms with Crippen LogP contribution in [0.25, 0.3) is 0 Å². The van der Waals surface area contributed by atoms with E-state index in [4.69, 9.17) is 9.16 Å². The molecule has 0 bridgehead atoms. The average molecular weight is 157 g/mol. The predicted molar refractivity (Wildman–Crippen MR) is 6.30 cm³/mol. The van der Waals surface area contributed by atoms with Crippen molar-refractivity contribution in [2.24, 2.45) is 0 Å². The van der Waals surface area contributed by atoms with Gasteiger partial charge >= 0.3 is 45.5 Å². The zero-order valence-electron chi connectivity index (χ0n) is 2.03. The van der Waals surface area contributed by atoms with Crippen molar-refractivity contribution in [2.75, 3.05) is 0 Å². The van der Waals surface area contributed by atoms with Gasteiger partial charge in [0.25, 0.3) is 0 Å². The second kappa shape index (κ2) is 27.7. The molecule has 0 aliphatic heterocycles. The quantitative estimate of drug-likeness (QED) is 0.460. The van der Waals surface area contributed by atoms with Gasteiger partial charge in [-0.15, -0.1) is 0 Å². The summed E-state index contributed by atoms with van der Waals surface area (Å²) in [6.45, 7) is 0. The third-order valence-electron chi connectivity index (χ3n) is 0. The SMILES string of the molecule is N#[C][Fe].[O]=[Ni]. The van der Waals surface area contributed by atoms with Crippen molar-refractivity contribution >= 4 is 0 Å². The summed E-state index contributed by atoms with van der Waals surface area (Å²) in [4.78, 5) is 1.50. The van der Waals surface area contributed by atoms with Gasteiger partial charge in [-0.05, 0) is 0 Å². The summed E-state index contributed by atoms with van der Waals surface area (Å²) in [5, 5.41) is 7.21. The van der Waals surface area contributed by atoms with Crippen molar-refractivity contribution < 1.29 is 35.3 Å². The molecule has 0 aliphatic rings. The van der Waals surface area contributed by atoms with Crippen molar-refractivity contribution in [3.8, 4) is 4.97 Å². The zero-order valence-corrected chi connectivity index (χ0v) is 4.12. The first-order chi connectivity index (χ1) is 2.41. The van der Waals surface area contributed by atoms with Crippen LogP contribution >= 0.6 is 0 Å². The van der Waals surface area contributed by atoms with Crippen LogP contribution in [0.1, 0.15) is 0 Å². The summed E-state index contributed by atoms with van der Waals surface area (Å²) < 4.78 is 7.88. The van der Waals surface area contributed by atoms with Gasteiger partial charge in [-0.25, -0.2) is 0 Å². The van der Waals surface area contributed by atoms with Gasteiger partial charge in [0.15, 0.2) is 0 Å². The summed E-state index contributed by atoms with van der Waals surface area (Å²) in [6, 6.07) is 0. The van der Waals surface area contributed by atoms with Crippen LogP contribution < -0.4 is 0 Å². The number of rotatable bonds is 0. The van der Waals surface area contributed by atoms with Gasteiger partial charge in [-0.2, -0.15) is 0 Å². The molecule has 0 saturated carbocycles. The number of nitrogens with zero attached hydrogens (tertiary/aromatic N) is 1. The fourth-order valence-electron chi connectivity index (χ4n) is 0. The Bertz CT molecular complexity index is 41.4. The molecule has 2 nitrogen and oxygen atoms in total. The summed E-state index contributed by atoms with van der Waals surface area (Å²) in [5.74, 6) is 0. The summed E-state index contributed by atoms with van der Waals surface area (Å²) >= 11 is 5.42. The maximum atomic E-state index is 7.88. The van der Waals surface area contributed by atoms with Crippen LogP contribution in [0, 0.1) is 10.2 Å². The molecule has 0 heterocycles. The molecule has 0 saturated heterocycles. The molecule has 0 aliphatic carbocycles. The molecule has 0 amide bonds. The van der Waals surface area contributed by atoms with E-state index in [1.807, 2.05) is 0 Å². The number of nitriles is 1.